The van der Waals surface area contributed by atoms with Gasteiger partial charge in [-0.05, 0) is 50.4 Å². The van der Waals surface area contributed by atoms with Gasteiger partial charge in [0.2, 0.25) is 0 Å². The van der Waals surface area contributed by atoms with Crippen LogP contribution in [-0.2, 0) is 10.8 Å². The van der Waals surface area contributed by atoms with E-state index in [2.05, 4.69) is 92.7 Å². The van der Waals surface area contributed by atoms with Crippen LogP contribution >= 0.6 is 0 Å². The Hall–Kier alpha value is -1.76. The fourth-order valence-corrected chi connectivity index (χ4v) is 4.07. The maximum atomic E-state index is 2.38. The highest BCUT2D eigenvalue weighted by molar-refractivity contribution is 6.33. The van der Waals surface area contributed by atoms with Gasteiger partial charge in [-0.3, -0.25) is 0 Å². The molecule has 0 amide bonds. The maximum Gasteiger partial charge on any atom is 0.139 e. The number of aryl methyl sites for hydroxylation is 1. The van der Waals surface area contributed by atoms with Crippen molar-refractivity contribution >= 4 is 34.9 Å². The molecule has 0 spiro atoms. The van der Waals surface area contributed by atoms with Crippen molar-refractivity contribution in [3.63, 3.8) is 0 Å². The van der Waals surface area contributed by atoms with Gasteiger partial charge >= 0.3 is 0 Å². The second-order valence-electron chi connectivity index (χ2n) is 9.35. The summed E-state index contributed by atoms with van der Waals surface area (Å²) >= 11 is 0. The molecule has 3 rings (SSSR count). The molecule has 3 aromatic carbocycles. The number of hydrogen-bond acceptors (Lipinski definition) is 0. The van der Waals surface area contributed by atoms with E-state index in [0.29, 0.717) is 0 Å². The van der Waals surface area contributed by atoms with Crippen molar-refractivity contribution in [3.05, 3.63) is 53.1 Å². The summed E-state index contributed by atoms with van der Waals surface area (Å²) < 4.78 is 0. The van der Waals surface area contributed by atoms with Crippen molar-refractivity contribution in [2.75, 3.05) is 0 Å². The van der Waals surface area contributed by atoms with Crippen LogP contribution in [0.1, 0.15) is 58.2 Å². The van der Waals surface area contributed by atoms with Gasteiger partial charge in [-0.15, -0.1) is 0 Å². The molecule has 0 N–H and O–H groups in total. The molecule has 0 fully saturated rings. The lowest BCUT2D eigenvalue weighted by atomic mass is 9.73. The van der Waals surface area contributed by atoms with Gasteiger partial charge in [0.05, 0.1) is 0 Å². The van der Waals surface area contributed by atoms with Gasteiger partial charge in [0.25, 0.3) is 0 Å². The van der Waals surface area contributed by atoms with Crippen LogP contribution in [-0.4, -0.2) is 7.85 Å². The Morgan fingerprint density at radius 2 is 1.08 bits per heavy atom. The largest absolute Gasteiger partial charge is 0.139 e. The molecule has 3 aromatic rings. The Kier molecular flexibility index (Phi) is 3.83. The average Bonchev–Trinajstić information content (AvgIpc) is 2.41. The quantitative estimate of drug-likeness (QED) is 0.397. The zero-order chi connectivity index (χ0) is 17.9. The maximum absolute atomic E-state index is 2.38. The molecule has 0 atom stereocenters. The Morgan fingerprint density at radius 3 is 1.58 bits per heavy atom. The first kappa shape index (κ1) is 17.1. The third-order valence-electron chi connectivity index (χ3n) is 4.93. The fourth-order valence-electron chi connectivity index (χ4n) is 4.07. The van der Waals surface area contributed by atoms with E-state index in [0.717, 1.165) is 0 Å². The highest BCUT2D eigenvalue weighted by atomic mass is 14.3. The molecular weight excluding hydrogens is 287 g/mol. The van der Waals surface area contributed by atoms with Crippen molar-refractivity contribution < 1.29 is 0 Å². The highest BCUT2D eigenvalue weighted by Crippen LogP contribution is 2.43. The lowest BCUT2D eigenvalue weighted by Gasteiger charge is -2.30. The Balaban J connectivity index is 2.70. The van der Waals surface area contributed by atoms with Gasteiger partial charge in [-0.2, -0.15) is 0 Å². The SMILES string of the molecule is Bc1ccc2c(C(C)(C)C)c3cc(C)ccc3c(C(C)(C)C)c2c1. The minimum atomic E-state index is 0.107. The monoisotopic (exact) mass is 316 g/mol. The van der Waals surface area contributed by atoms with E-state index >= 15 is 0 Å². The molecule has 0 aliphatic carbocycles. The minimum Gasteiger partial charge on any atom is -0.0883 e. The lowest BCUT2D eigenvalue weighted by Crippen LogP contribution is -2.18. The summed E-state index contributed by atoms with van der Waals surface area (Å²) in [6.07, 6.45) is 0. The van der Waals surface area contributed by atoms with E-state index < -0.39 is 0 Å². The van der Waals surface area contributed by atoms with E-state index in [-0.39, 0.29) is 10.8 Å². The summed E-state index contributed by atoms with van der Waals surface area (Å²) in [5, 5.41) is 5.67. The van der Waals surface area contributed by atoms with Crippen LogP contribution in [0.2, 0.25) is 0 Å². The molecule has 0 aliphatic heterocycles. The fraction of sp³-hybridized carbons (Fsp3) is 0.391. The first-order chi connectivity index (χ1) is 11.0. The van der Waals surface area contributed by atoms with E-state index in [4.69, 9.17) is 0 Å². The second kappa shape index (κ2) is 5.38. The molecule has 124 valence electrons. The number of benzene rings is 3. The Labute approximate surface area is 147 Å². The van der Waals surface area contributed by atoms with Crippen LogP contribution in [0, 0.1) is 6.92 Å². The Morgan fingerprint density at radius 1 is 0.625 bits per heavy atom. The molecule has 0 unspecified atom stereocenters. The predicted octanol–water partition coefficient (Wildman–Crippen LogP) is 5.15. The van der Waals surface area contributed by atoms with Crippen LogP contribution in [0.15, 0.2) is 36.4 Å². The van der Waals surface area contributed by atoms with Crippen molar-refractivity contribution in [1.82, 2.24) is 0 Å². The van der Waals surface area contributed by atoms with Crippen LogP contribution in [0.4, 0.5) is 0 Å². The molecule has 1 heteroatoms. The summed E-state index contributed by atoms with van der Waals surface area (Å²) in [6, 6.07) is 13.9. The highest BCUT2D eigenvalue weighted by Gasteiger charge is 2.27. The van der Waals surface area contributed by atoms with E-state index in [1.165, 1.54) is 43.7 Å². The number of fused-ring (bicyclic) bond motifs is 2. The van der Waals surface area contributed by atoms with E-state index in [1.807, 2.05) is 0 Å². The average molecular weight is 316 g/mol. The molecule has 0 radical (unpaired) electrons. The van der Waals surface area contributed by atoms with Crippen LogP contribution < -0.4 is 5.46 Å². The topological polar surface area (TPSA) is 0 Å². The zero-order valence-corrected chi connectivity index (χ0v) is 16.5. The van der Waals surface area contributed by atoms with Crippen molar-refractivity contribution in [1.29, 1.82) is 0 Å². The van der Waals surface area contributed by atoms with Gasteiger partial charge in [-0.25, -0.2) is 0 Å². The molecule has 0 saturated carbocycles. The third kappa shape index (κ3) is 2.75. The minimum absolute atomic E-state index is 0.107. The molecule has 0 bridgehead atoms. The van der Waals surface area contributed by atoms with Gasteiger partial charge < -0.3 is 0 Å². The third-order valence-corrected chi connectivity index (χ3v) is 4.93. The molecule has 0 aliphatic rings. The normalized spacial score (nSPS) is 13.0. The number of hydrogen-bond donors (Lipinski definition) is 0. The molecule has 0 saturated heterocycles. The Bertz CT molecular complexity index is 855. The van der Waals surface area contributed by atoms with E-state index in [9.17, 15) is 0 Å². The van der Waals surface area contributed by atoms with Gasteiger partial charge in [0.15, 0.2) is 0 Å². The predicted molar refractivity (Wildman–Crippen MR) is 112 cm³/mol. The van der Waals surface area contributed by atoms with Gasteiger partial charge in [0.1, 0.15) is 7.85 Å². The first-order valence-electron chi connectivity index (χ1n) is 8.98. The summed E-state index contributed by atoms with van der Waals surface area (Å²) in [6.45, 7) is 16.2. The van der Waals surface area contributed by atoms with Crippen LogP contribution in [0.3, 0.4) is 0 Å². The van der Waals surface area contributed by atoms with Crippen molar-refractivity contribution in [2.24, 2.45) is 0 Å². The molecule has 0 aromatic heterocycles. The lowest BCUT2D eigenvalue weighted by molar-refractivity contribution is 0.593. The molecule has 24 heavy (non-hydrogen) atoms. The molecule has 0 heterocycles. The number of rotatable bonds is 0. The zero-order valence-electron chi connectivity index (χ0n) is 16.5. The summed E-state index contributed by atoms with van der Waals surface area (Å²) in [7, 11) is 2.20. The standard InChI is InChI=1S/C23H29B/c1-14-8-10-16-18(12-14)20(22(2,3)4)17-11-9-15(24)13-19(17)21(16)23(5,6)7/h8-13H,24H2,1-7H3. The summed E-state index contributed by atoms with van der Waals surface area (Å²) in [5.74, 6) is 0. The van der Waals surface area contributed by atoms with Crippen LogP contribution in [0.5, 0.6) is 0 Å². The molecule has 0 nitrogen and oxygen atoms in total. The van der Waals surface area contributed by atoms with E-state index in [1.54, 1.807) is 0 Å². The van der Waals surface area contributed by atoms with Crippen LogP contribution in [0.25, 0.3) is 21.5 Å². The van der Waals surface area contributed by atoms with Gasteiger partial charge in [0, 0.05) is 0 Å². The first-order valence-corrected chi connectivity index (χ1v) is 8.98. The summed E-state index contributed by atoms with van der Waals surface area (Å²) in [4.78, 5) is 0. The molecular formula is C23H29B. The smallest absolute Gasteiger partial charge is 0.0883 e. The second-order valence-corrected chi connectivity index (χ2v) is 9.35. The van der Waals surface area contributed by atoms with Crippen molar-refractivity contribution in [3.8, 4) is 0 Å². The van der Waals surface area contributed by atoms with Gasteiger partial charge in [-0.1, -0.05) is 89.0 Å². The van der Waals surface area contributed by atoms with Crippen molar-refractivity contribution in [2.45, 2.75) is 59.3 Å². The summed E-state index contributed by atoms with van der Waals surface area (Å²) in [5.41, 5.74) is 5.83.